The standard InChI is InChI=1S/C20H28N6O.HI/c1-15-9-11-26(24-15)18-8-4-3-7-17(18)13-23-20(22-2)25-10-5-6-16(14-25)12-19(21)27;/h3-4,7-9,11,16H,5-6,10,12-14H2,1-2H3,(H2,21,27)(H,22,23);1H. The molecule has 0 bridgehead atoms. The molecule has 152 valence electrons. The summed E-state index contributed by atoms with van der Waals surface area (Å²) in [6.07, 6.45) is 4.50. The van der Waals surface area contributed by atoms with Crippen LogP contribution >= 0.6 is 24.0 Å². The number of benzene rings is 1. The number of guanidine groups is 1. The Hall–Kier alpha value is -2.10. The summed E-state index contributed by atoms with van der Waals surface area (Å²) in [5, 5.41) is 7.99. The monoisotopic (exact) mass is 496 g/mol. The third-order valence-corrected chi connectivity index (χ3v) is 4.92. The highest BCUT2D eigenvalue weighted by atomic mass is 127. The van der Waals surface area contributed by atoms with Crippen LogP contribution < -0.4 is 11.1 Å². The molecule has 1 atom stereocenters. The van der Waals surface area contributed by atoms with E-state index in [0.29, 0.717) is 18.9 Å². The number of primary amides is 1. The minimum Gasteiger partial charge on any atom is -0.370 e. The van der Waals surface area contributed by atoms with Crippen molar-refractivity contribution in [2.24, 2.45) is 16.6 Å². The number of hydrogen-bond acceptors (Lipinski definition) is 3. The molecule has 1 aliphatic heterocycles. The van der Waals surface area contributed by atoms with Crippen LogP contribution in [-0.4, -0.2) is 46.7 Å². The number of aliphatic imine (C=N–C) groups is 1. The number of halogens is 1. The van der Waals surface area contributed by atoms with Crippen LogP contribution in [0.15, 0.2) is 41.5 Å². The van der Waals surface area contributed by atoms with E-state index >= 15 is 0 Å². The maximum Gasteiger partial charge on any atom is 0.217 e. The molecule has 1 saturated heterocycles. The first-order valence-electron chi connectivity index (χ1n) is 9.41. The molecule has 1 unspecified atom stereocenters. The summed E-state index contributed by atoms with van der Waals surface area (Å²) in [6, 6.07) is 10.2. The topological polar surface area (TPSA) is 88.5 Å². The smallest absolute Gasteiger partial charge is 0.217 e. The van der Waals surface area contributed by atoms with Gasteiger partial charge in [-0.25, -0.2) is 4.68 Å². The molecule has 1 aromatic heterocycles. The van der Waals surface area contributed by atoms with Gasteiger partial charge in [-0.3, -0.25) is 9.79 Å². The van der Waals surface area contributed by atoms with Crippen molar-refractivity contribution in [3.63, 3.8) is 0 Å². The summed E-state index contributed by atoms with van der Waals surface area (Å²) < 4.78 is 1.90. The Morgan fingerprint density at radius 3 is 2.82 bits per heavy atom. The number of nitrogens with two attached hydrogens (primary N) is 1. The van der Waals surface area contributed by atoms with Crippen molar-refractivity contribution in [3.05, 3.63) is 47.8 Å². The van der Waals surface area contributed by atoms with Crippen molar-refractivity contribution in [3.8, 4) is 5.69 Å². The van der Waals surface area contributed by atoms with Gasteiger partial charge in [-0.2, -0.15) is 5.10 Å². The molecule has 0 aliphatic carbocycles. The van der Waals surface area contributed by atoms with Gasteiger partial charge in [0.05, 0.1) is 11.4 Å². The van der Waals surface area contributed by atoms with Gasteiger partial charge in [0, 0.05) is 39.3 Å². The molecular weight excluding hydrogens is 467 g/mol. The molecular formula is C20H29IN6O. The number of aryl methyl sites for hydroxylation is 1. The number of nitrogens with zero attached hydrogens (tertiary/aromatic N) is 4. The molecule has 8 heteroatoms. The Morgan fingerprint density at radius 2 is 2.14 bits per heavy atom. The third kappa shape index (κ3) is 5.70. The summed E-state index contributed by atoms with van der Waals surface area (Å²) in [7, 11) is 1.79. The molecule has 2 heterocycles. The van der Waals surface area contributed by atoms with E-state index in [-0.39, 0.29) is 29.9 Å². The first-order chi connectivity index (χ1) is 13.1. The molecule has 0 radical (unpaired) electrons. The zero-order chi connectivity index (χ0) is 19.2. The van der Waals surface area contributed by atoms with E-state index in [1.54, 1.807) is 7.05 Å². The van der Waals surface area contributed by atoms with Crippen molar-refractivity contribution in [2.75, 3.05) is 20.1 Å². The molecule has 3 N–H and O–H groups in total. The van der Waals surface area contributed by atoms with Gasteiger partial charge in [0.1, 0.15) is 0 Å². The fraction of sp³-hybridized carbons (Fsp3) is 0.450. The Labute approximate surface area is 183 Å². The summed E-state index contributed by atoms with van der Waals surface area (Å²) in [5.74, 6) is 0.929. The molecule has 1 amide bonds. The van der Waals surface area contributed by atoms with Crippen molar-refractivity contribution >= 4 is 35.8 Å². The van der Waals surface area contributed by atoms with Gasteiger partial charge in [0.15, 0.2) is 5.96 Å². The number of hydrogen-bond donors (Lipinski definition) is 2. The van der Waals surface area contributed by atoms with Crippen LogP contribution in [0.4, 0.5) is 0 Å². The first kappa shape index (κ1) is 22.2. The Balaban J connectivity index is 0.00000280. The van der Waals surface area contributed by atoms with E-state index in [1.165, 1.54) is 0 Å². The number of amides is 1. The predicted molar refractivity (Wildman–Crippen MR) is 122 cm³/mol. The number of para-hydroxylation sites is 1. The number of piperidine rings is 1. The van der Waals surface area contributed by atoms with Gasteiger partial charge in [0.2, 0.25) is 5.91 Å². The maximum atomic E-state index is 11.2. The quantitative estimate of drug-likeness (QED) is 0.378. The van der Waals surface area contributed by atoms with Crippen molar-refractivity contribution in [2.45, 2.75) is 32.7 Å². The summed E-state index contributed by atoms with van der Waals surface area (Å²) >= 11 is 0. The highest BCUT2D eigenvalue weighted by Crippen LogP contribution is 2.20. The largest absolute Gasteiger partial charge is 0.370 e. The van der Waals surface area contributed by atoms with E-state index in [1.807, 2.05) is 36.0 Å². The zero-order valence-electron chi connectivity index (χ0n) is 16.5. The Morgan fingerprint density at radius 1 is 1.36 bits per heavy atom. The van der Waals surface area contributed by atoms with Crippen LogP contribution in [-0.2, 0) is 11.3 Å². The van der Waals surface area contributed by atoms with Crippen molar-refractivity contribution in [1.82, 2.24) is 20.0 Å². The normalized spacial score (nSPS) is 17.1. The molecule has 0 spiro atoms. The molecule has 1 aliphatic rings. The molecule has 7 nitrogen and oxygen atoms in total. The minimum atomic E-state index is -0.228. The first-order valence-corrected chi connectivity index (χ1v) is 9.41. The Kier molecular flexibility index (Phi) is 8.28. The number of carbonyl (C=O) groups is 1. The second kappa shape index (κ2) is 10.4. The van der Waals surface area contributed by atoms with Crippen LogP contribution in [0.3, 0.4) is 0 Å². The zero-order valence-corrected chi connectivity index (χ0v) is 18.8. The third-order valence-electron chi connectivity index (χ3n) is 4.92. The van der Waals surface area contributed by atoms with Crippen LogP contribution in [0.2, 0.25) is 0 Å². The van der Waals surface area contributed by atoms with Crippen LogP contribution in [0.5, 0.6) is 0 Å². The second-order valence-corrected chi connectivity index (χ2v) is 7.06. The van der Waals surface area contributed by atoms with Gasteiger partial charge in [-0.05, 0) is 43.4 Å². The summed E-state index contributed by atoms with van der Waals surface area (Å²) in [5.41, 5.74) is 8.56. The molecule has 2 aromatic rings. The summed E-state index contributed by atoms with van der Waals surface area (Å²) in [6.45, 7) is 4.38. The van der Waals surface area contributed by atoms with Gasteiger partial charge in [-0.15, -0.1) is 24.0 Å². The number of rotatable bonds is 5. The highest BCUT2D eigenvalue weighted by molar-refractivity contribution is 14.0. The van der Waals surface area contributed by atoms with Gasteiger partial charge in [-0.1, -0.05) is 18.2 Å². The van der Waals surface area contributed by atoms with Gasteiger partial charge >= 0.3 is 0 Å². The highest BCUT2D eigenvalue weighted by Gasteiger charge is 2.23. The number of likely N-dealkylation sites (tertiary alicyclic amines) is 1. The van der Waals surface area contributed by atoms with Crippen molar-refractivity contribution in [1.29, 1.82) is 0 Å². The predicted octanol–water partition coefficient (Wildman–Crippen LogP) is 2.46. The Bertz CT molecular complexity index is 819. The summed E-state index contributed by atoms with van der Waals surface area (Å²) in [4.78, 5) is 17.9. The van der Waals surface area contributed by atoms with Crippen LogP contribution in [0.1, 0.15) is 30.5 Å². The molecule has 3 rings (SSSR count). The lowest BCUT2D eigenvalue weighted by Crippen LogP contribution is -2.47. The van der Waals surface area contributed by atoms with E-state index in [0.717, 1.165) is 48.8 Å². The number of carbonyl (C=O) groups excluding carboxylic acids is 1. The lowest BCUT2D eigenvalue weighted by atomic mass is 9.95. The lowest BCUT2D eigenvalue weighted by molar-refractivity contribution is -0.119. The number of aromatic nitrogens is 2. The average Bonchev–Trinajstić information content (AvgIpc) is 3.08. The maximum absolute atomic E-state index is 11.2. The van der Waals surface area contributed by atoms with E-state index in [2.05, 4.69) is 32.4 Å². The number of nitrogens with one attached hydrogen (secondary N) is 1. The molecule has 1 aromatic carbocycles. The average molecular weight is 496 g/mol. The fourth-order valence-electron chi connectivity index (χ4n) is 3.65. The van der Waals surface area contributed by atoms with E-state index in [4.69, 9.17) is 5.73 Å². The second-order valence-electron chi connectivity index (χ2n) is 7.06. The van der Waals surface area contributed by atoms with Crippen molar-refractivity contribution < 1.29 is 4.79 Å². The minimum absolute atomic E-state index is 0. The molecule has 0 saturated carbocycles. The lowest BCUT2D eigenvalue weighted by Gasteiger charge is -2.34. The molecule has 1 fully saturated rings. The van der Waals surface area contributed by atoms with Gasteiger partial charge < -0.3 is 16.0 Å². The van der Waals surface area contributed by atoms with Crippen LogP contribution in [0, 0.1) is 12.8 Å². The SMILES string of the molecule is CN=C(NCc1ccccc1-n1ccc(C)n1)N1CCCC(CC(N)=O)C1.I. The van der Waals surface area contributed by atoms with Gasteiger partial charge in [0.25, 0.3) is 0 Å². The fourth-order valence-corrected chi connectivity index (χ4v) is 3.65. The van der Waals surface area contributed by atoms with Crippen LogP contribution in [0.25, 0.3) is 5.69 Å². The van der Waals surface area contributed by atoms with E-state index < -0.39 is 0 Å². The van der Waals surface area contributed by atoms with E-state index in [9.17, 15) is 4.79 Å². The molecule has 28 heavy (non-hydrogen) atoms.